The lowest BCUT2D eigenvalue weighted by molar-refractivity contribution is -0.131. The van der Waals surface area contributed by atoms with Gasteiger partial charge < -0.3 is 24.0 Å². The topological polar surface area (TPSA) is 111 Å². The standard InChI is InChI=1S/C36H34Cl2N4O5/c37-27-19-39-20-28(38)30(27)31-26(32(47-41-31)23-2-3-23)21-46-36-10-7-35(8-11-36,9-12-36)6-5-22-1-4-25-24(17-22)18-29(34(43)44)40-33(25)42-13-15-45-16-14-42/h1,4,17-20,23H,2-3,7-16,21H2,(H,43,44). The van der Waals surface area contributed by atoms with Gasteiger partial charge in [-0.25, -0.2) is 9.78 Å². The van der Waals surface area contributed by atoms with Crippen LogP contribution in [-0.2, 0) is 16.1 Å². The Morgan fingerprint density at radius 1 is 1.04 bits per heavy atom. The van der Waals surface area contributed by atoms with Crippen LogP contribution in [0.3, 0.4) is 0 Å². The molecule has 47 heavy (non-hydrogen) atoms. The predicted molar refractivity (Wildman–Crippen MR) is 178 cm³/mol. The highest BCUT2D eigenvalue weighted by Gasteiger charge is 2.49. The Labute approximate surface area is 282 Å². The van der Waals surface area contributed by atoms with Gasteiger partial charge in [0.05, 0.1) is 35.5 Å². The van der Waals surface area contributed by atoms with E-state index in [-0.39, 0.29) is 16.7 Å². The summed E-state index contributed by atoms with van der Waals surface area (Å²) in [7, 11) is 0. The van der Waals surface area contributed by atoms with Crippen molar-refractivity contribution in [1.82, 2.24) is 15.1 Å². The van der Waals surface area contributed by atoms with Gasteiger partial charge >= 0.3 is 5.97 Å². The number of rotatable bonds is 7. The average Bonchev–Trinajstić information content (AvgIpc) is 3.86. The Kier molecular flexibility index (Phi) is 7.88. The van der Waals surface area contributed by atoms with E-state index in [1.165, 1.54) is 0 Å². The number of ether oxygens (including phenoxy) is 2. The number of carbonyl (C=O) groups is 1. The number of pyridine rings is 2. The predicted octanol–water partition coefficient (Wildman–Crippen LogP) is 7.67. The molecule has 4 aromatic rings. The Hall–Kier alpha value is -3.68. The number of aromatic carboxylic acids is 1. The molecule has 242 valence electrons. The van der Waals surface area contributed by atoms with Crippen LogP contribution < -0.4 is 4.90 Å². The smallest absolute Gasteiger partial charge is 0.354 e. The molecular formula is C36H34Cl2N4O5. The normalized spacial score (nSPS) is 23.9. The highest BCUT2D eigenvalue weighted by atomic mass is 35.5. The quantitative estimate of drug-likeness (QED) is 0.198. The van der Waals surface area contributed by atoms with Crippen LogP contribution in [-0.4, -0.2) is 58.1 Å². The number of halogens is 2. The van der Waals surface area contributed by atoms with Crippen molar-refractivity contribution in [3.63, 3.8) is 0 Å². The van der Waals surface area contributed by atoms with Crippen molar-refractivity contribution < 1.29 is 23.9 Å². The van der Waals surface area contributed by atoms with E-state index in [9.17, 15) is 9.90 Å². The first-order valence-electron chi connectivity index (χ1n) is 16.3. The SMILES string of the molecule is O=C(O)c1cc2cc(C#CC34CCC(OCc5c(-c6c(Cl)cncc6Cl)noc5C5CC5)(CC3)CC4)ccc2c(N2CCOCC2)n1. The summed E-state index contributed by atoms with van der Waals surface area (Å²) < 4.78 is 18.1. The number of aromatic nitrogens is 3. The number of anilines is 1. The zero-order chi connectivity index (χ0) is 32.2. The number of carboxylic acid groups (broad SMARTS) is 1. The molecule has 0 radical (unpaired) electrons. The van der Waals surface area contributed by atoms with Gasteiger partial charge in [-0.3, -0.25) is 4.98 Å². The molecule has 11 heteroatoms. The molecule has 4 saturated carbocycles. The summed E-state index contributed by atoms with van der Waals surface area (Å²) in [6, 6.07) is 7.67. The summed E-state index contributed by atoms with van der Waals surface area (Å²) in [5.41, 5.74) is 2.88. The van der Waals surface area contributed by atoms with Crippen molar-refractivity contribution in [1.29, 1.82) is 0 Å². The summed E-state index contributed by atoms with van der Waals surface area (Å²) in [4.78, 5) is 22.6. The molecule has 1 aliphatic heterocycles. The van der Waals surface area contributed by atoms with Gasteiger partial charge in [-0.05, 0) is 81.0 Å². The van der Waals surface area contributed by atoms with E-state index < -0.39 is 5.97 Å². The summed E-state index contributed by atoms with van der Waals surface area (Å²) in [6.07, 6.45) is 11.0. The van der Waals surface area contributed by atoms with Gasteiger partial charge in [0.15, 0.2) is 5.69 Å². The maximum atomic E-state index is 11.9. The average molecular weight is 674 g/mol. The summed E-state index contributed by atoms with van der Waals surface area (Å²) in [5, 5.41) is 16.8. The van der Waals surface area contributed by atoms with Gasteiger partial charge in [0.2, 0.25) is 0 Å². The Bertz CT molecular complexity index is 1890. The van der Waals surface area contributed by atoms with Crippen LogP contribution in [0.15, 0.2) is 41.2 Å². The Balaban J connectivity index is 0.996. The lowest BCUT2D eigenvalue weighted by Gasteiger charge is -2.51. The molecule has 0 spiro atoms. The van der Waals surface area contributed by atoms with Gasteiger partial charge in [0.1, 0.15) is 17.3 Å². The Morgan fingerprint density at radius 2 is 1.77 bits per heavy atom. The molecule has 9 rings (SSSR count). The highest BCUT2D eigenvalue weighted by Crippen LogP contribution is 2.54. The molecule has 0 amide bonds. The second-order valence-corrected chi connectivity index (χ2v) is 14.1. The van der Waals surface area contributed by atoms with E-state index in [0.29, 0.717) is 65.9 Å². The largest absolute Gasteiger partial charge is 0.477 e. The van der Waals surface area contributed by atoms with E-state index in [4.69, 9.17) is 37.2 Å². The van der Waals surface area contributed by atoms with Crippen LogP contribution in [0.2, 0.25) is 10.0 Å². The fourth-order valence-corrected chi connectivity index (χ4v) is 7.93. The van der Waals surface area contributed by atoms with Gasteiger partial charge in [-0.1, -0.05) is 40.2 Å². The number of benzene rings is 1. The first-order valence-corrected chi connectivity index (χ1v) is 17.0. The third-order valence-electron chi connectivity index (χ3n) is 10.4. The molecule has 0 atom stereocenters. The molecule has 0 unspecified atom stereocenters. The zero-order valence-corrected chi connectivity index (χ0v) is 27.4. The summed E-state index contributed by atoms with van der Waals surface area (Å²) in [6.45, 7) is 2.94. The lowest BCUT2D eigenvalue weighted by atomic mass is 9.59. The second kappa shape index (κ2) is 12.1. The first-order chi connectivity index (χ1) is 22.8. The minimum atomic E-state index is -1.04. The first kappa shape index (κ1) is 30.6. The molecule has 4 heterocycles. The van der Waals surface area contributed by atoms with E-state index in [0.717, 1.165) is 79.0 Å². The van der Waals surface area contributed by atoms with Gasteiger partial charge in [-0.2, -0.15) is 0 Å². The maximum Gasteiger partial charge on any atom is 0.354 e. The van der Waals surface area contributed by atoms with Crippen molar-refractivity contribution in [2.24, 2.45) is 5.41 Å². The molecule has 5 fully saturated rings. The highest BCUT2D eigenvalue weighted by molar-refractivity contribution is 6.38. The minimum Gasteiger partial charge on any atom is -0.477 e. The number of nitrogens with zero attached hydrogens (tertiary/aromatic N) is 4. The van der Waals surface area contributed by atoms with E-state index in [1.54, 1.807) is 18.5 Å². The maximum absolute atomic E-state index is 11.9. The fourth-order valence-electron chi connectivity index (χ4n) is 7.39. The molecule has 1 aromatic carbocycles. The monoisotopic (exact) mass is 672 g/mol. The van der Waals surface area contributed by atoms with E-state index in [2.05, 4.69) is 31.9 Å². The molecule has 4 aliphatic carbocycles. The molecule has 1 N–H and O–H groups in total. The molecule has 1 saturated heterocycles. The van der Waals surface area contributed by atoms with Crippen molar-refractivity contribution in [3.05, 3.63) is 69.3 Å². The van der Waals surface area contributed by atoms with Gasteiger partial charge in [-0.15, -0.1) is 0 Å². The number of morpholine rings is 1. The molecular weight excluding hydrogens is 639 g/mol. The van der Waals surface area contributed by atoms with E-state index >= 15 is 0 Å². The minimum absolute atomic E-state index is 0.0353. The number of hydrogen-bond acceptors (Lipinski definition) is 8. The van der Waals surface area contributed by atoms with Crippen molar-refractivity contribution in [3.8, 4) is 23.1 Å². The van der Waals surface area contributed by atoms with Crippen LogP contribution in [0.25, 0.3) is 22.0 Å². The summed E-state index contributed by atoms with van der Waals surface area (Å²) >= 11 is 13.0. The van der Waals surface area contributed by atoms with Crippen molar-refractivity contribution in [2.75, 3.05) is 31.2 Å². The van der Waals surface area contributed by atoms with Crippen LogP contribution in [0.5, 0.6) is 0 Å². The number of fused-ring (bicyclic) bond motifs is 4. The van der Waals surface area contributed by atoms with Gasteiger partial charge in [0.25, 0.3) is 0 Å². The third-order valence-corrected chi connectivity index (χ3v) is 10.9. The lowest BCUT2D eigenvalue weighted by Crippen LogP contribution is -2.47. The molecule has 2 bridgehead atoms. The number of carboxylic acids is 1. The van der Waals surface area contributed by atoms with E-state index in [1.807, 2.05) is 18.2 Å². The summed E-state index contributed by atoms with van der Waals surface area (Å²) in [5.74, 6) is 8.00. The molecule has 3 aromatic heterocycles. The van der Waals surface area contributed by atoms with Crippen LogP contribution in [0.1, 0.15) is 84.7 Å². The molecule has 5 aliphatic rings. The van der Waals surface area contributed by atoms with Crippen LogP contribution in [0, 0.1) is 17.3 Å². The van der Waals surface area contributed by atoms with Crippen LogP contribution >= 0.6 is 23.2 Å². The van der Waals surface area contributed by atoms with Crippen molar-refractivity contribution in [2.45, 2.75) is 69.5 Å². The van der Waals surface area contributed by atoms with Gasteiger partial charge in [0, 0.05) is 58.9 Å². The third kappa shape index (κ3) is 5.86. The molecule has 9 nitrogen and oxygen atoms in total. The second-order valence-electron chi connectivity index (χ2n) is 13.3. The number of hydrogen-bond donors (Lipinski definition) is 1. The van der Waals surface area contributed by atoms with Crippen LogP contribution in [0.4, 0.5) is 5.82 Å². The fraction of sp³-hybridized carbons (Fsp3) is 0.444. The zero-order valence-electron chi connectivity index (χ0n) is 25.9. The van der Waals surface area contributed by atoms with Crippen molar-refractivity contribution >= 4 is 45.8 Å². The Morgan fingerprint density at radius 3 is 2.45 bits per heavy atom.